The average Bonchev–Trinajstić information content (AvgIpc) is 3.00. The summed E-state index contributed by atoms with van der Waals surface area (Å²) in [7, 11) is 1.63. The van der Waals surface area contributed by atoms with Crippen LogP contribution in [0.5, 0.6) is 5.75 Å². The molecule has 2 aromatic rings. The molecule has 0 spiro atoms. The summed E-state index contributed by atoms with van der Waals surface area (Å²) < 4.78 is 11.7. The topological polar surface area (TPSA) is 76.2 Å². The molecule has 1 aromatic heterocycles. The second-order valence-electron chi connectivity index (χ2n) is 8.15. The van der Waals surface area contributed by atoms with Crippen molar-refractivity contribution in [2.24, 2.45) is 5.92 Å². The van der Waals surface area contributed by atoms with Crippen LogP contribution in [-0.2, 0) is 4.74 Å². The molecule has 1 aliphatic carbocycles. The Morgan fingerprint density at radius 1 is 1.30 bits per heavy atom. The van der Waals surface area contributed by atoms with Gasteiger partial charge < -0.3 is 19.8 Å². The third kappa shape index (κ3) is 4.94. The molecule has 0 radical (unpaired) electrons. The highest BCUT2D eigenvalue weighted by atomic mass is 79.9. The Hall–Kier alpha value is -1.76. The third-order valence-corrected chi connectivity index (χ3v) is 5.48. The van der Waals surface area contributed by atoms with E-state index in [0.717, 1.165) is 39.9 Å². The van der Waals surface area contributed by atoms with Crippen LogP contribution in [0.15, 0.2) is 16.6 Å². The van der Waals surface area contributed by atoms with E-state index in [0.29, 0.717) is 5.92 Å². The Morgan fingerprint density at radius 2 is 2.00 bits per heavy atom. The third-order valence-electron chi connectivity index (χ3n) is 4.86. The first-order valence-electron chi connectivity index (χ1n) is 9.49. The second kappa shape index (κ2) is 8.09. The maximum Gasteiger partial charge on any atom is 0.408 e. The standard InChI is InChI=1S/C20H28BrN3O3/c1-20(2,3)27-19(25)24-17(12-8-6-5-7-9-12)18-22-14-10-13(21)16(26-4)11-15(14)23-18/h10-12,17H,5-9H2,1-4H3,(H,22,23)(H,24,25). The lowest BCUT2D eigenvalue weighted by Crippen LogP contribution is -2.38. The van der Waals surface area contributed by atoms with Gasteiger partial charge in [-0.1, -0.05) is 19.3 Å². The van der Waals surface area contributed by atoms with Gasteiger partial charge in [0.25, 0.3) is 0 Å². The number of nitrogens with zero attached hydrogens (tertiary/aromatic N) is 1. The molecule has 0 aliphatic heterocycles. The van der Waals surface area contributed by atoms with Gasteiger partial charge in [-0.2, -0.15) is 0 Å². The molecule has 3 rings (SSSR count). The number of fused-ring (bicyclic) bond motifs is 1. The van der Waals surface area contributed by atoms with Gasteiger partial charge in [0.15, 0.2) is 0 Å². The van der Waals surface area contributed by atoms with E-state index in [1.165, 1.54) is 19.3 Å². The first-order chi connectivity index (χ1) is 12.8. The van der Waals surface area contributed by atoms with Crippen LogP contribution in [0, 0.1) is 5.92 Å². The molecule has 1 aliphatic rings. The van der Waals surface area contributed by atoms with Gasteiger partial charge >= 0.3 is 6.09 Å². The van der Waals surface area contributed by atoms with Gasteiger partial charge in [-0.25, -0.2) is 9.78 Å². The molecule has 1 heterocycles. The molecule has 1 atom stereocenters. The minimum Gasteiger partial charge on any atom is -0.495 e. The number of halogens is 1. The molecular formula is C20H28BrN3O3. The van der Waals surface area contributed by atoms with Crippen LogP contribution in [0.2, 0.25) is 0 Å². The van der Waals surface area contributed by atoms with Gasteiger partial charge in [-0.05, 0) is 61.5 Å². The second-order valence-corrected chi connectivity index (χ2v) is 9.00. The highest BCUT2D eigenvalue weighted by Gasteiger charge is 2.30. The number of carbonyl (C=O) groups is 1. The largest absolute Gasteiger partial charge is 0.495 e. The maximum absolute atomic E-state index is 12.5. The van der Waals surface area contributed by atoms with Gasteiger partial charge in [0.05, 0.1) is 28.7 Å². The van der Waals surface area contributed by atoms with Crippen LogP contribution < -0.4 is 10.1 Å². The number of methoxy groups -OCH3 is 1. The molecule has 1 saturated carbocycles. The Morgan fingerprint density at radius 3 is 2.63 bits per heavy atom. The van der Waals surface area contributed by atoms with E-state index < -0.39 is 11.7 Å². The van der Waals surface area contributed by atoms with Crippen molar-refractivity contribution in [2.75, 3.05) is 7.11 Å². The van der Waals surface area contributed by atoms with Crippen molar-refractivity contribution in [2.45, 2.75) is 64.5 Å². The first-order valence-corrected chi connectivity index (χ1v) is 10.3. The number of amides is 1. The summed E-state index contributed by atoms with van der Waals surface area (Å²) in [5, 5.41) is 3.07. The number of ether oxygens (including phenoxy) is 2. The van der Waals surface area contributed by atoms with E-state index in [-0.39, 0.29) is 6.04 Å². The molecule has 0 saturated heterocycles. The van der Waals surface area contributed by atoms with Gasteiger partial charge in [-0.3, -0.25) is 0 Å². The predicted molar refractivity (Wildman–Crippen MR) is 109 cm³/mol. The number of rotatable bonds is 4. The molecule has 27 heavy (non-hydrogen) atoms. The van der Waals surface area contributed by atoms with Crippen molar-refractivity contribution in [3.63, 3.8) is 0 Å². The van der Waals surface area contributed by atoms with Gasteiger partial charge in [-0.15, -0.1) is 0 Å². The lowest BCUT2D eigenvalue weighted by atomic mass is 9.83. The number of nitrogens with one attached hydrogen (secondary N) is 2. The van der Waals surface area contributed by atoms with Gasteiger partial charge in [0.2, 0.25) is 0 Å². The lowest BCUT2D eigenvalue weighted by Gasteiger charge is -2.30. The fourth-order valence-corrected chi connectivity index (χ4v) is 4.15. The van der Waals surface area contributed by atoms with E-state index >= 15 is 0 Å². The zero-order valence-electron chi connectivity index (χ0n) is 16.4. The summed E-state index contributed by atoms with van der Waals surface area (Å²) in [6, 6.07) is 3.65. The fraction of sp³-hybridized carbons (Fsp3) is 0.600. The van der Waals surface area contributed by atoms with Crippen molar-refractivity contribution in [1.82, 2.24) is 15.3 Å². The van der Waals surface area contributed by atoms with E-state index in [2.05, 4.69) is 26.2 Å². The predicted octanol–water partition coefficient (Wildman–Crippen LogP) is 5.48. The molecule has 6 nitrogen and oxygen atoms in total. The normalized spacial score (nSPS) is 16.9. The number of alkyl carbamates (subject to hydrolysis) is 1. The van der Waals surface area contributed by atoms with Crippen LogP contribution in [-0.4, -0.2) is 28.8 Å². The minimum absolute atomic E-state index is 0.197. The summed E-state index contributed by atoms with van der Waals surface area (Å²) >= 11 is 3.51. The minimum atomic E-state index is -0.534. The van der Waals surface area contributed by atoms with E-state index in [9.17, 15) is 4.79 Å². The Balaban J connectivity index is 1.91. The summed E-state index contributed by atoms with van der Waals surface area (Å²) in [6.07, 6.45) is 5.35. The molecule has 1 unspecified atom stereocenters. The molecule has 2 N–H and O–H groups in total. The van der Waals surface area contributed by atoms with Crippen LogP contribution in [0.25, 0.3) is 11.0 Å². The molecular weight excluding hydrogens is 410 g/mol. The Kier molecular flexibility index (Phi) is 5.99. The number of benzene rings is 1. The van der Waals surface area contributed by atoms with Crippen molar-refractivity contribution < 1.29 is 14.3 Å². The highest BCUT2D eigenvalue weighted by molar-refractivity contribution is 9.10. The SMILES string of the molecule is COc1cc2nc(C(NC(=O)OC(C)(C)C)C3CCCCC3)[nH]c2cc1Br. The molecule has 148 valence electrons. The summed E-state index contributed by atoms with van der Waals surface area (Å²) in [5.41, 5.74) is 1.19. The number of hydrogen-bond donors (Lipinski definition) is 2. The Labute approximate surface area is 168 Å². The van der Waals surface area contributed by atoms with Gasteiger partial charge in [0.1, 0.15) is 17.2 Å². The van der Waals surface area contributed by atoms with E-state index in [4.69, 9.17) is 14.5 Å². The monoisotopic (exact) mass is 437 g/mol. The number of H-pyrrole nitrogens is 1. The maximum atomic E-state index is 12.5. The van der Waals surface area contributed by atoms with Crippen molar-refractivity contribution in [3.05, 3.63) is 22.4 Å². The van der Waals surface area contributed by atoms with Crippen LogP contribution in [0.4, 0.5) is 4.79 Å². The van der Waals surface area contributed by atoms with Gasteiger partial charge in [0, 0.05) is 6.07 Å². The first kappa shape index (κ1) is 20.0. The van der Waals surface area contributed by atoms with E-state index in [1.54, 1.807) is 7.11 Å². The zero-order chi connectivity index (χ0) is 19.6. The average molecular weight is 438 g/mol. The highest BCUT2D eigenvalue weighted by Crippen LogP contribution is 2.36. The lowest BCUT2D eigenvalue weighted by molar-refractivity contribution is 0.0472. The summed E-state index contributed by atoms with van der Waals surface area (Å²) in [5.74, 6) is 1.84. The summed E-state index contributed by atoms with van der Waals surface area (Å²) in [6.45, 7) is 5.60. The molecule has 0 bridgehead atoms. The van der Waals surface area contributed by atoms with Crippen LogP contribution in [0.3, 0.4) is 0 Å². The number of carbonyl (C=O) groups excluding carboxylic acids is 1. The Bertz CT molecular complexity index is 807. The van der Waals surface area contributed by atoms with Crippen LogP contribution >= 0.6 is 15.9 Å². The number of hydrogen-bond acceptors (Lipinski definition) is 4. The smallest absolute Gasteiger partial charge is 0.408 e. The zero-order valence-corrected chi connectivity index (χ0v) is 18.0. The van der Waals surface area contributed by atoms with Crippen molar-refractivity contribution in [1.29, 1.82) is 0 Å². The number of imidazole rings is 1. The number of aromatic amines is 1. The summed E-state index contributed by atoms with van der Waals surface area (Å²) in [4.78, 5) is 20.6. The van der Waals surface area contributed by atoms with E-state index in [1.807, 2.05) is 32.9 Å². The van der Waals surface area contributed by atoms with Crippen LogP contribution in [0.1, 0.15) is 64.7 Å². The van der Waals surface area contributed by atoms with Crippen molar-refractivity contribution >= 4 is 33.1 Å². The molecule has 1 amide bonds. The van der Waals surface area contributed by atoms with Crippen molar-refractivity contribution in [3.8, 4) is 5.75 Å². The molecule has 7 heteroatoms. The quantitative estimate of drug-likeness (QED) is 0.663. The molecule has 1 fully saturated rings. The molecule has 1 aromatic carbocycles. The number of aromatic nitrogens is 2. The fourth-order valence-electron chi connectivity index (χ4n) is 3.65.